The van der Waals surface area contributed by atoms with Crippen LogP contribution in [-0.4, -0.2) is 30.9 Å². The first-order valence-electron chi connectivity index (χ1n) is 5.59. The molecule has 94 valence electrons. The van der Waals surface area contributed by atoms with Crippen LogP contribution in [-0.2, 0) is 9.59 Å². The molecule has 0 aliphatic heterocycles. The molecule has 0 aromatic rings. The zero-order valence-corrected chi connectivity index (χ0v) is 10.6. The predicted octanol–water partition coefficient (Wildman–Crippen LogP) is 0.00220. The lowest BCUT2D eigenvalue weighted by Crippen LogP contribution is -2.43. The number of rotatable bonds is 7. The molecule has 0 saturated carbocycles. The van der Waals surface area contributed by atoms with E-state index in [-0.39, 0.29) is 18.5 Å². The summed E-state index contributed by atoms with van der Waals surface area (Å²) in [6, 6.07) is 0.140. The summed E-state index contributed by atoms with van der Waals surface area (Å²) in [5, 5.41) is 5.86. The Morgan fingerprint density at radius 1 is 1.38 bits per heavy atom. The van der Waals surface area contributed by atoms with Gasteiger partial charge in [0.05, 0.1) is 5.41 Å². The van der Waals surface area contributed by atoms with E-state index in [1.54, 1.807) is 13.8 Å². The Bertz CT molecular complexity index is 252. The molecule has 16 heavy (non-hydrogen) atoms. The van der Waals surface area contributed by atoms with Crippen LogP contribution in [0.1, 0.15) is 34.1 Å². The second-order valence-corrected chi connectivity index (χ2v) is 4.69. The molecule has 0 fully saturated rings. The van der Waals surface area contributed by atoms with E-state index >= 15 is 0 Å². The van der Waals surface area contributed by atoms with Crippen molar-refractivity contribution >= 4 is 11.8 Å². The second-order valence-electron chi connectivity index (χ2n) is 4.69. The Labute approximate surface area is 97.2 Å². The van der Waals surface area contributed by atoms with Crippen LogP contribution >= 0.6 is 0 Å². The summed E-state index contributed by atoms with van der Waals surface area (Å²) in [6.07, 6.45) is 0.405. The highest BCUT2D eigenvalue weighted by Crippen LogP contribution is 2.11. The molecule has 5 nitrogen and oxygen atoms in total. The first kappa shape index (κ1) is 14.9. The average Bonchev–Trinajstić information content (AvgIpc) is 2.15. The summed E-state index contributed by atoms with van der Waals surface area (Å²) in [5.74, 6) is -0.477. The van der Waals surface area contributed by atoms with Crippen molar-refractivity contribution in [3.05, 3.63) is 0 Å². The molecule has 0 spiro atoms. The lowest BCUT2D eigenvalue weighted by atomic mass is 9.93. The van der Waals surface area contributed by atoms with E-state index in [1.165, 1.54) is 0 Å². The third-order valence-electron chi connectivity index (χ3n) is 2.44. The van der Waals surface area contributed by atoms with Crippen LogP contribution in [0.2, 0.25) is 0 Å². The fraction of sp³-hybridized carbons (Fsp3) is 0.818. The second kappa shape index (κ2) is 6.48. The van der Waals surface area contributed by atoms with Gasteiger partial charge < -0.3 is 16.4 Å². The zero-order valence-electron chi connectivity index (χ0n) is 10.6. The SMILES string of the molecule is CCNC(C)CC(=O)NCC(C)(C)C(N)=O. The molecule has 4 N–H and O–H groups in total. The number of nitrogens with one attached hydrogen (secondary N) is 2. The largest absolute Gasteiger partial charge is 0.369 e. The molecule has 0 aliphatic carbocycles. The Hall–Kier alpha value is -1.10. The van der Waals surface area contributed by atoms with Crippen LogP contribution in [0, 0.1) is 5.41 Å². The molecule has 0 aromatic heterocycles. The van der Waals surface area contributed by atoms with Gasteiger partial charge >= 0.3 is 0 Å². The number of carbonyl (C=O) groups excluding carboxylic acids is 2. The van der Waals surface area contributed by atoms with Crippen molar-refractivity contribution in [3.63, 3.8) is 0 Å². The van der Waals surface area contributed by atoms with Gasteiger partial charge in [-0.05, 0) is 27.3 Å². The number of primary amides is 1. The monoisotopic (exact) mass is 229 g/mol. The molecule has 0 aromatic carbocycles. The molecular weight excluding hydrogens is 206 g/mol. The van der Waals surface area contributed by atoms with E-state index in [0.29, 0.717) is 6.42 Å². The van der Waals surface area contributed by atoms with E-state index in [0.717, 1.165) is 6.54 Å². The molecule has 1 atom stereocenters. The van der Waals surface area contributed by atoms with Crippen LogP contribution < -0.4 is 16.4 Å². The quantitative estimate of drug-likeness (QED) is 0.574. The van der Waals surface area contributed by atoms with Gasteiger partial charge in [0.1, 0.15) is 0 Å². The van der Waals surface area contributed by atoms with Gasteiger partial charge in [-0.25, -0.2) is 0 Å². The van der Waals surface area contributed by atoms with Crippen molar-refractivity contribution < 1.29 is 9.59 Å². The Balaban J connectivity index is 3.94. The van der Waals surface area contributed by atoms with Crippen LogP contribution in [0.15, 0.2) is 0 Å². The Morgan fingerprint density at radius 2 is 1.94 bits per heavy atom. The molecule has 1 unspecified atom stereocenters. The molecule has 0 bridgehead atoms. The summed E-state index contributed by atoms with van der Waals surface area (Å²) in [7, 11) is 0. The zero-order chi connectivity index (χ0) is 12.8. The first-order valence-corrected chi connectivity index (χ1v) is 5.59. The van der Waals surface area contributed by atoms with E-state index in [2.05, 4.69) is 10.6 Å². The maximum Gasteiger partial charge on any atom is 0.224 e. The molecule has 0 rings (SSSR count). The maximum absolute atomic E-state index is 11.5. The molecule has 0 heterocycles. The van der Waals surface area contributed by atoms with Crippen molar-refractivity contribution in [2.75, 3.05) is 13.1 Å². The minimum atomic E-state index is -0.697. The van der Waals surface area contributed by atoms with Gasteiger partial charge in [0.25, 0.3) is 0 Å². The summed E-state index contributed by atoms with van der Waals surface area (Å²) in [5.41, 5.74) is 4.51. The highest BCUT2D eigenvalue weighted by Gasteiger charge is 2.25. The topological polar surface area (TPSA) is 84.2 Å². The van der Waals surface area contributed by atoms with Gasteiger partial charge in [0.2, 0.25) is 11.8 Å². The van der Waals surface area contributed by atoms with Gasteiger partial charge in [-0.1, -0.05) is 6.92 Å². The van der Waals surface area contributed by atoms with Gasteiger partial charge in [-0.2, -0.15) is 0 Å². The minimum Gasteiger partial charge on any atom is -0.369 e. The highest BCUT2D eigenvalue weighted by atomic mass is 16.2. The molecule has 0 aliphatic rings. The summed E-state index contributed by atoms with van der Waals surface area (Å²) in [6.45, 7) is 8.47. The van der Waals surface area contributed by atoms with E-state index in [9.17, 15) is 9.59 Å². The standard InChI is InChI=1S/C11H23N3O2/c1-5-13-8(2)6-9(15)14-7-11(3,4)10(12)16/h8,13H,5-7H2,1-4H3,(H2,12,16)(H,14,15). The number of hydrogen-bond acceptors (Lipinski definition) is 3. The van der Waals surface area contributed by atoms with E-state index in [1.807, 2.05) is 13.8 Å². The maximum atomic E-state index is 11.5. The van der Waals surface area contributed by atoms with Gasteiger partial charge in [0, 0.05) is 19.0 Å². The number of nitrogens with two attached hydrogens (primary N) is 1. The fourth-order valence-corrected chi connectivity index (χ4v) is 1.18. The van der Waals surface area contributed by atoms with Gasteiger partial charge in [-0.3, -0.25) is 9.59 Å². The third-order valence-corrected chi connectivity index (χ3v) is 2.44. The van der Waals surface area contributed by atoms with Crippen LogP contribution in [0.4, 0.5) is 0 Å². The Kier molecular flexibility index (Phi) is 6.03. The fourth-order valence-electron chi connectivity index (χ4n) is 1.18. The van der Waals surface area contributed by atoms with Crippen LogP contribution in [0.5, 0.6) is 0 Å². The number of hydrogen-bond donors (Lipinski definition) is 3. The smallest absolute Gasteiger partial charge is 0.224 e. The number of carbonyl (C=O) groups is 2. The Morgan fingerprint density at radius 3 is 2.38 bits per heavy atom. The number of amides is 2. The van der Waals surface area contributed by atoms with Gasteiger partial charge in [0.15, 0.2) is 0 Å². The minimum absolute atomic E-state index is 0.0669. The van der Waals surface area contributed by atoms with Crippen molar-refractivity contribution in [2.45, 2.75) is 40.2 Å². The first-order chi connectivity index (χ1) is 7.29. The molecule has 0 saturated heterocycles. The van der Waals surface area contributed by atoms with Gasteiger partial charge in [-0.15, -0.1) is 0 Å². The summed E-state index contributed by atoms with van der Waals surface area (Å²) >= 11 is 0. The third kappa shape index (κ3) is 5.70. The lowest BCUT2D eigenvalue weighted by molar-refractivity contribution is -0.127. The average molecular weight is 229 g/mol. The van der Waals surface area contributed by atoms with Crippen LogP contribution in [0.25, 0.3) is 0 Å². The van der Waals surface area contributed by atoms with E-state index in [4.69, 9.17) is 5.73 Å². The van der Waals surface area contributed by atoms with Crippen molar-refractivity contribution in [2.24, 2.45) is 11.1 Å². The van der Waals surface area contributed by atoms with Crippen molar-refractivity contribution in [3.8, 4) is 0 Å². The molecule has 5 heteroatoms. The predicted molar refractivity (Wildman–Crippen MR) is 63.7 cm³/mol. The van der Waals surface area contributed by atoms with E-state index < -0.39 is 11.3 Å². The highest BCUT2D eigenvalue weighted by molar-refractivity contribution is 5.82. The van der Waals surface area contributed by atoms with Crippen molar-refractivity contribution in [1.82, 2.24) is 10.6 Å². The summed E-state index contributed by atoms with van der Waals surface area (Å²) in [4.78, 5) is 22.5. The van der Waals surface area contributed by atoms with Crippen LogP contribution in [0.3, 0.4) is 0 Å². The molecule has 0 radical (unpaired) electrons. The summed E-state index contributed by atoms with van der Waals surface area (Å²) < 4.78 is 0. The lowest BCUT2D eigenvalue weighted by Gasteiger charge is -2.21. The molecule has 2 amide bonds. The van der Waals surface area contributed by atoms with Crippen molar-refractivity contribution in [1.29, 1.82) is 0 Å². The molecular formula is C11H23N3O2. The normalized spacial score (nSPS) is 13.2.